The predicted molar refractivity (Wildman–Crippen MR) is 54.6 cm³/mol. The molecule has 1 atom stereocenters. The summed E-state index contributed by atoms with van der Waals surface area (Å²) in [5.41, 5.74) is 1.26. The Kier molecular flexibility index (Phi) is 3.27. The molecule has 0 amide bonds. The van der Waals surface area contributed by atoms with Gasteiger partial charge < -0.3 is 0 Å². The molecular formula is C11H17N. The van der Waals surface area contributed by atoms with Crippen LogP contribution in [0.5, 0.6) is 0 Å². The molecule has 1 nitrogen and oxygen atoms in total. The number of aliphatic imine (C=N–C) groups is 1. The van der Waals surface area contributed by atoms with Gasteiger partial charge in [0.25, 0.3) is 0 Å². The van der Waals surface area contributed by atoms with Gasteiger partial charge in [0.15, 0.2) is 0 Å². The average Bonchev–Trinajstić information content (AvgIpc) is 2.05. The second kappa shape index (κ2) is 4.24. The molecule has 1 heteroatoms. The highest BCUT2D eigenvalue weighted by molar-refractivity contribution is 5.86. The zero-order chi connectivity index (χ0) is 8.97. The summed E-state index contributed by atoms with van der Waals surface area (Å²) in [6.45, 7) is 6.35. The van der Waals surface area contributed by atoms with E-state index in [1.807, 2.05) is 0 Å². The first kappa shape index (κ1) is 9.24. The fourth-order valence-electron chi connectivity index (χ4n) is 1.39. The van der Waals surface area contributed by atoms with Crippen molar-refractivity contribution in [1.29, 1.82) is 0 Å². The second-order valence-corrected chi connectivity index (χ2v) is 3.52. The molecule has 0 saturated carbocycles. The molecule has 1 unspecified atom stereocenters. The fraction of sp³-hybridized carbons (Fsp3) is 0.545. The third-order valence-corrected chi connectivity index (χ3v) is 1.98. The van der Waals surface area contributed by atoms with Gasteiger partial charge >= 0.3 is 0 Å². The van der Waals surface area contributed by atoms with Gasteiger partial charge in [0.1, 0.15) is 0 Å². The van der Waals surface area contributed by atoms with Gasteiger partial charge in [-0.1, -0.05) is 24.3 Å². The van der Waals surface area contributed by atoms with Crippen LogP contribution in [0.2, 0.25) is 0 Å². The van der Waals surface area contributed by atoms with Crippen molar-refractivity contribution in [3.8, 4) is 0 Å². The van der Waals surface area contributed by atoms with E-state index in [4.69, 9.17) is 0 Å². The third kappa shape index (κ3) is 2.65. The molecule has 12 heavy (non-hydrogen) atoms. The number of nitrogens with zero attached hydrogens (tertiary/aromatic N) is 1. The van der Waals surface area contributed by atoms with Gasteiger partial charge in [-0.3, -0.25) is 4.99 Å². The van der Waals surface area contributed by atoms with Gasteiger partial charge in [-0.2, -0.15) is 0 Å². The van der Waals surface area contributed by atoms with E-state index in [1.165, 1.54) is 5.71 Å². The minimum absolute atomic E-state index is 0.421. The van der Waals surface area contributed by atoms with Crippen molar-refractivity contribution in [2.24, 2.45) is 10.9 Å². The van der Waals surface area contributed by atoms with Crippen LogP contribution in [0.1, 0.15) is 27.2 Å². The monoisotopic (exact) mass is 163 g/mol. The molecule has 0 N–H and O–H groups in total. The van der Waals surface area contributed by atoms with Crippen molar-refractivity contribution in [3.63, 3.8) is 0 Å². The van der Waals surface area contributed by atoms with E-state index >= 15 is 0 Å². The van der Waals surface area contributed by atoms with Gasteiger partial charge in [-0.05, 0) is 27.2 Å². The summed E-state index contributed by atoms with van der Waals surface area (Å²) < 4.78 is 0. The van der Waals surface area contributed by atoms with E-state index in [1.54, 1.807) is 0 Å². The average molecular weight is 163 g/mol. The van der Waals surface area contributed by atoms with Crippen LogP contribution in [0, 0.1) is 5.92 Å². The van der Waals surface area contributed by atoms with Gasteiger partial charge in [-0.15, -0.1) is 0 Å². The van der Waals surface area contributed by atoms with E-state index in [-0.39, 0.29) is 0 Å². The first-order chi connectivity index (χ1) is 5.70. The van der Waals surface area contributed by atoms with Crippen LogP contribution < -0.4 is 0 Å². The van der Waals surface area contributed by atoms with Gasteiger partial charge in [0.2, 0.25) is 0 Å². The SMILES string of the molecule is C/C(=N\C(C)C)C1C=CC=CC1. The van der Waals surface area contributed by atoms with Crippen molar-refractivity contribution in [1.82, 2.24) is 0 Å². The summed E-state index contributed by atoms with van der Waals surface area (Å²) in [6.07, 6.45) is 9.73. The van der Waals surface area contributed by atoms with E-state index < -0.39 is 0 Å². The number of hydrogen-bond acceptors (Lipinski definition) is 1. The molecule has 0 aliphatic heterocycles. The summed E-state index contributed by atoms with van der Waals surface area (Å²) in [7, 11) is 0. The highest BCUT2D eigenvalue weighted by Gasteiger charge is 2.08. The zero-order valence-electron chi connectivity index (χ0n) is 8.12. The van der Waals surface area contributed by atoms with Crippen LogP contribution in [0.25, 0.3) is 0 Å². The maximum atomic E-state index is 4.53. The van der Waals surface area contributed by atoms with Crippen LogP contribution in [-0.4, -0.2) is 11.8 Å². The van der Waals surface area contributed by atoms with E-state index in [0.29, 0.717) is 12.0 Å². The molecule has 1 aliphatic carbocycles. The van der Waals surface area contributed by atoms with Crippen molar-refractivity contribution >= 4 is 5.71 Å². The highest BCUT2D eigenvalue weighted by atomic mass is 14.8. The molecule has 0 fully saturated rings. The number of rotatable bonds is 2. The minimum atomic E-state index is 0.421. The normalized spacial score (nSPS) is 23.7. The van der Waals surface area contributed by atoms with Gasteiger partial charge in [0.05, 0.1) is 0 Å². The van der Waals surface area contributed by atoms with E-state index in [2.05, 4.69) is 50.1 Å². The maximum absolute atomic E-state index is 4.53. The quantitative estimate of drug-likeness (QED) is 0.555. The summed E-state index contributed by atoms with van der Waals surface area (Å²) in [5, 5.41) is 0. The Balaban J connectivity index is 2.58. The molecule has 0 radical (unpaired) electrons. The summed E-state index contributed by atoms with van der Waals surface area (Å²) >= 11 is 0. The summed E-state index contributed by atoms with van der Waals surface area (Å²) in [5.74, 6) is 0.539. The van der Waals surface area contributed by atoms with E-state index in [0.717, 1.165) is 6.42 Å². The van der Waals surface area contributed by atoms with Crippen LogP contribution >= 0.6 is 0 Å². The molecule has 1 rings (SSSR count). The van der Waals surface area contributed by atoms with Gasteiger partial charge in [0, 0.05) is 17.7 Å². The standard InChI is InChI=1S/C11H17N/c1-9(2)12-10(3)11-7-5-4-6-8-11/h4-7,9,11H,8H2,1-3H3/b12-10+. The molecule has 0 aromatic carbocycles. The first-order valence-electron chi connectivity index (χ1n) is 4.58. The molecule has 0 heterocycles. The largest absolute Gasteiger partial charge is 0.291 e. The highest BCUT2D eigenvalue weighted by Crippen LogP contribution is 2.13. The van der Waals surface area contributed by atoms with E-state index in [9.17, 15) is 0 Å². The van der Waals surface area contributed by atoms with Crippen molar-refractivity contribution in [2.45, 2.75) is 33.2 Å². The molecule has 0 spiro atoms. The molecular weight excluding hydrogens is 146 g/mol. The third-order valence-electron chi connectivity index (χ3n) is 1.98. The lowest BCUT2D eigenvalue weighted by Gasteiger charge is -2.13. The number of hydrogen-bond donors (Lipinski definition) is 0. The summed E-state index contributed by atoms with van der Waals surface area (Å²) in [6, 6.07) is 0.421. The second-order valence-electron chi connectivity index (χ2n) is 3.52. The van der Waals surface area contributed by atoms with Crippen LogP contribution in [0.3, 0.4) is 0 Å². The maximum Gasteiger partial charge on any atom is 0.0442 e. The predicted octanol–water partition coefficient (Wildman–Crippen LogP) is 2.99. The first-order valence-corrected chi connectivity index (χ1v) is 4.58. The Hall–Kier alpha value is -0.850. The zero-order valence-corrected chi connectivity index (χ0v) is 8.12. The Labute approximate surface area is 74.9 Å². The fourth-order valence-corrected chi connectivity index (χ4v) is 1.39. The van der Waals surface area contributed by atoms with Crippen LogP contribution in [-0.2, 0) is 0 Å². The molecule has 0 saturated heterocycles. The van der Waals surface area contributed by atoms with Crippen molar-refractivity contribution in [2.75, 3.05) is 0 Å². The van der Waals surface area contributed by atoms with Crippen LogP contribution in [0.4, 0.5) is 0 Å². The summed E-state index contributed by atoms with van der Waals surface area (Å²) in [4.78, 5) is 4.53. The Bertz CT molecular complexity index is 221. The molecule has 66 valence electrons. The molecule has 0 aromatic rings. The minimum Gasteiger partial charge on any atom is -0.291 e. The van der Waals surface area contributed by atoms with Gasteiger partial charge in [-0.25, -0.2) is 0 Å². The van der Waals surface area contributed by atoms with Crippen molar-refractivity contribution in [3.05, 3.63) is 24.3 Å². The molecule has 1 aliphatic rings. The Morgan fingerprint density at radius 2 is 2.17 bits per heavy atom. The van der Waals surface area contributed by atoms with Crippen LogP contribution in [0.15, 0.2) is 29.3 Å². The smallest absolute Gasteiger partial charge is 0.0442 e. The van der Waals surface area contributed by atoms with Crippen molar-refractivity contribution < 1.29 is 0 Å². The number of allylic oxidation sites excluding steroid dienone is 4. The lowest BCUT2D eigenvalue weighted by atomic mass is 9.96. The topological polar surface area (TPSA) is 12.4 Å². The molecule has 0 aromatic heterocycles. The Morgan fingerprint density at radius 3 is 2.67 bits per heavy atom. The lowest BCUT2D eigenvalue weighted by Crippen LogP contribution is -2.11. The lowest BCUT2D eigenvalue weighted by molar-refractivity contribution is 0.792. The molecule has 0 bridgehead atoms. The Morgan fingerprint density at radius 1 is 1.42 bits per heavy atom.